The standard InChI is InChI=1S/C12H14Cl2N4/c1-8(2)15-6-10-7-18(17-16-10)12-4-3-9(13)5-11(12)14/h3-5,7-8,15H,6H2,1-2H3. The van der Waals surface area contributed by atoms with E-state index in [0.717, 1.165) is 11.4 Å². The topological polar surface area (TPSA) is 42.7 Å². The molecule has 0 aliphatic rings. The maximum atomic E-state index is 6.11. The maximum Gasteiger partial charge on any atom is 0.0969 e. The first-order chi connectivity index (χ1) is 8.56. The van der Waals surface area contributed by atoms with Gasteiger partial charge in [0.1, 0.15) is 0 Å². The summed E-state index contributed by atoms with van der Waals surface area (Å²) in [5.74, 6) is 0. The minimum Gasteiger partial charge on any atom is -0.309 e. The van der Waals surface area contributed by atoms with Crippen molar-refractivity contribution in [3.8, 4) is 5.69 Å². The highest BCUT2D eigenvalue weighted by Gasteiger charge is 2.07. The molecule has 1 N–H and O–H groups in total. The molecule has 0 aliphatic heterocycles. The van der Waals surface area contributed by atoms with Gasteiger partial charge >= 0.3 is 0 Å². The first kappa shape index (κ1) is 13.3. The van der Waals surface area contributed by atoms with Crippen molar-refractivity contribution in [1.29, 1.82) is 0 Å². The Bertz CT molecular complexity index is 537. The molecule has 0 fully saturated rings. The number of nitrogens with zero attached hydrogens (tertiary/aromatic N) is 3. The Morgan fingerprint density at radius 1 is 1.33 bits per heavy atom. The van der Waals surface area contributed by atoms with Crippen molar-refractivity contribution < 1.29 is 0 Å². The first-order valence-corrected chi connectivity index (χ1v) is 6.42. The summed E-state index contributed by atoms with van der Waals surface area (Å²) in [6, 6.07) is 5.69. The zero-order chi connectivity index (χ0) is 13.1. The molecule has 1 aromatic heterocycles. The fraction of sp³-hybridized carbons (Fsp3) is 0.333. The molecule has 0 amide bonds. The lowest BCUT2D eigenvalue weighted by Crippen LogP contribution is -2.21. The van der Waals surface area contributed by atoms with Gasteiger partial charge in [-0.3, -0.25) is 0 Å². The molecule has 96 valence electrons. The lowest BCUT2D eigenvalue weighted by Gasteiger charge is -2.04. The average molecular weight is 285 g/mol. The van der Waals surface area contributed by atoms with E-state index >= 15 is 0 Å². The predicted octanol–water partition coefficient (Wildman–Crippen LogP) is 3.07. The van der Waals surface area contributed by atoms with Crippen LogP contribution in [0.25, 0.3) is 5.69 Å². The molecule has 0 saturated carbocycles. The van der Waals surface area contributed by atoms with Crippen LogP contribution in [0.15, 0.2) is 24.4 Å². The van der Waals surface area contributed by atoms with Crippen LogP contribution >= 0.6 is 23.2 Å². The molecule has 4 nitrogen and oxygen atoms in total. The number of benzene rings is 1. The number of hydrogen-bond donors (Lipinski definition) is 1. The van der Waals surface area contributed by atoms with Crippen LogP contribution in [0.2, 0.25) is 10.0 Å². The molecule has 2 rings (SSSR count). The Labute approximate surface area is 116 Å². The maximum absolute atomic E-state index is 6.11. The number of aromatic nitrogens is 3. The zero-order valence-electron chi connectivity index (χ0n) is 10.2. The highest BCUT2D eigenvalue weighted by atomic mass is 35.5. The van der Waals surface area contributed by atoms with E-state index in [1.807, 2.05) is 12.3 Å². The minimum absolute atomic E-state index is 0.411. The average Bonchev–Trinajstić information content (AvgIpc) is 2.75. The second kappa shape index (κ2) is 5.69. The van der Waals surface area contributed by atoms with E-state index < -0.39 is 0 Å². The van der Waals surface area contributed by atoms with Gasteiger partial charge in [-0.25, -0.2) is 4.68 Å². The quantitative estimate of drug-likeness (QED) is 0.938. The second-order valence-electron chi connectivity index (χ2n) is 4.29. The van der Waals surface area contributed by atoms with Crippen LogP contribution in [0.5, 0.6) is 0 Å². The highest BCUT2D eigenvalue weighted by Crippen LogP contribution is 2.23. The van der Waals surface area contributed by atoms with Crippen molar-refractivity contribution in [3.05, 3.63) is 40.1 Å². The molecule has 6 heteroatoms. The van der Waals surface area contributed by atoms with Crippen LogP contribution in [-0.4, -0.2) is 21.0 Å². The Hall–Kier alpha value is -1.10. The van der Waals surface area contributed by atoms with Crippen LogP contribution in [0.1, 0.15) is 19.5 Å². The fourth-order valence-corrected chi connectivity index (χ4v) is 1.97. The van der Waals surface area contributed by atoms with Crippen molar-refractivity contribution in [2.75, 3.05) is 0 Å². The normalized spacial score (nSPS) is 11.2. The summed E-state index contributed by atoms with van der Waals surface area (Å²) in [7, 11) is 0. The van der Waals surface area contributed by atoms with Crippen molar-refractivity contribution >= 4 is 23.2 Å². The summed E-state index contributed by atoms with van der Waals surface area (Å²) in [5.41, 5.74) is 1.64. The number of hydrogen-bond acceptors (Lipinski definition) is 3. The van der Waals surface area contributed by atoms with Crippen LogP contribution in [-0.2, 0) is 6.54 Å². The lowest BCUT2D eigenvalue weighted by atomic mass is 10.3. The highest BCUT2D eigenvalue weighted by molar-refractivity contribution is 6.35. The van der Waals surface area contributed by atoms with Crippen LogP contribution in [0, 0.1) is 0 Å². The summed E-state index contributed by atoms with van der Waals surface area (Å²) in [6.45, 7) is 4.85. The van der Waals surface area contributed by atoms with Gasteiger partial charge in [-0.15, -0.1) is 5.10 Å². The van der Waals surface area contributed by atoms with Gasteiger partial charge < -0.3 is 5.32 Å². The van der Waals surface area contributed by atoms with Gasteiger partial charge in [-0.1, -0.05) is 42.3 Å². The summed E-state index contributed by atoms with van der Waals surface area (Å²) < 4.78 is 1.65. The monoisotopic (exact) mass is 284 g/mol. The molecule has 0 atom stereocenters. The lowest BCUT2D eigenvalue weighted by molar-refractivity contribution is 0.580. The van der Waals surface area contributed by atoms with E-state index in [0.29, 0.717) is 22.6 Å². The van der Waals surface area contributed by atoms with Gasteiger partial charge in [-0.05, 0) is 18.2 Å². The smallest absolute Gasteiger partial charge is 0.0969 e. The van der Waals surface area contributed by atoms with Crippen molar-refractivity contribution in [1.82, 2.24) is 20.3 Å². The van der Waals surface area contributed by atoms with E-state index in [4.69, 9.17) is 23.2 Å². The molecule has 0 radical (unpaired) electrons. The Balaban J connectivity index is 2.18. The number of rotatable bonds is 4. The molecule has 1 aromatic carbocycles. The third kappa shape index (κ3) is 3.22. The molecule has 0 spiro atoms. The van der Waals surface area contributed by atoms with E-state index in [-0.39, 0.29) is 0 Å². The third-order valence-electron chi connectivity index (χ3n) is 2.39. The van der Waals surface area contributed by atoms with E-state index in [1.54, 1.807) is 16.8 Å². The summed E-state index contributed by atoms with van der Waals surface area (Å²) >= 11 is 12.0. The minimum atomic E-state index is 0.411. The Kier molecular flexibility index (Phi) is 4.22. The summed E-state index contributed by atoms with van der Waals surface area (Å²) in [4.78, 5) is 0. The van der Waals surface area contributed by atoms with Crippen molar-refractivity contribution in [2.24, 2.45) is 0 Å². The Morgan fingerprint density at radius 3 is 2.78 bits per heavy atom. The molecule has 18 heavy (non-hydrogen) atoms. The SMILES string of the molecule is CC(C)NCc1cn(-c2ccc(Cl)cc2Cl)nn1. The third-order valence-corrected chi connectivity index (χ3v) is 2.93. The largest absolute Gasteiger partial charge is 0.309 e. The molecule has 0 saturated heterocycles. The predicted molar refractivity (Wildman–Crippen MR) is 73.4 cm³/mol. The molecular formula is C12H14Cl2N4. The summed E-state index contributed by atoms with van der Waals surface area (Å²) in [6.07, 6.45) is 1.85. The van der Waals surface area contributed by atoms with Crippen LogP contribution in [0.3, 0.4) is 0 Å². The van der Waals surface area contributed by atoms with E-state index in [1.165, 1.54) is 0 Å². The molecule has 0 aliphatic carbocycles. The van der Waals surface area contributed by atoms with Gasteiger partial charge in [0, 0.05) is 17.6 Å². The van der Waals surface area contributed by atoms with Crippen molar-refractivity contribution in [2.45, 2.75) is 26.4 Å². The van der Waals surface area contributed by atoms with Gasteiger partial charge in [-0.2, -0.15) is 0 Å². The van der Waals surface area contributed by atoms with Crippen LogP contribution < -0.4 is 5.32 Å². The first-order valence-electron chi connectivity index (χ1n) is 5.66. The van der Waals surface area contributed by atoms with Crippen LogP contribution in [0.4, 0.5) is 0 Å². The molecule has 0 unspecified atom stereocenters. The number of nitrogens with one attached hydrogen (secondary N) is 1. The second-order valence-corrected chi connectivity index (χ2v) is 5.13. The van der Waals surface area contributed by atoms with E-state index in [2.05, 4.69) is 29.5 Å². The van der Waals surface area contributed by atoms with Gasteiger partial charge in [0.05, 0.1) is 22.6 Å². The molecule has 1 heterocycles. The van der Waals surface area contributed by atoms with Gasteiger partial charge in [0.15, 0.2) is 0 Å². The zero-order valence-corrected chi connectivity index (χ0v) is 11.7. The summed E-state index contributed by atoms with van der Waals surface area (Å²) in [5, 5.41) is 12.6. The number of halogens is 2. The molecule has 0 bridgehead atoms. The Morgan fingerprint density at radius 2 is 2.11 bits per heavy atom. The van der Waals surface area contributed by atoms with E-state index in [9.17, 15) is 0 Å². The van der Waals surface area contributed by atoms with Crippen molar-refractivity contribution in [3.63, 3.8) is 0 Å². The molecule has 2 aromatic rings. The van der Waals surface area contributed by atoms with Gasteiger partial charge in [0.25, 0.3) is 0 Å². The fourth-order valence-electron chi connectivity index (χ4n) is 1.47. The van der Waals surface area contributed by atoms with Gasteiger partial charge in [0.2, 0.25) is 0 Å². The molecular weight excluding hydrogens is 271 g/mol.